The van der Waals surface area contributed by atoms with E-state index in [0.29, 0.717) is 31.3 Å². The van der Waals surface area contributed by atoms with Gasteiger partial charge in [-0.3, -0.25) is 0 Å². The van der Waals surface area contributed by atoms with Gasteiger partial charge in [-0.25, -0.2) is 0 Å². The maximum Gasteiger partial charge on any atom is 0.282 e. The predicted octanol–water partition coefficient (Wildman–Crippen LogP) is 2.39. The topological polar surface area (TPSA) is 59.1 Å². The number of ether oxygens (including phenoxy) is 2. The van der Waals surface area contributed by atoms with Gasteiger partial charge in [0.05, 0.1) is 13.2 Å². The highest BCUT2D eigenvalue weighted by Gasteiger charge is 2.33. The quantitative estimate of drug-likeness (QED) is 0.649. The van der Waals surface area contributed by atoms with Crippen LogP contribution in [0.3, 0.4) is 0 Å². The van der Waals surface area contributed by atoms with Gasteiger partial charge in [-0.15, -0.1) is 0 Å². The van der Waals surface area contributed by atoms with Crippen molar-refractivity contribution in [2.24, 2.45) is 5.92 Å². The summed E-state index contributed by atoms with van der Waals surface area (Å²) in [5, 5.41) is 0.566. The number of rotatable bonds is 9. The van der Waals surface area contributed by atoms with Crippen LogP contribution in [-0.2, 0) is 26.2 Å². The molecule has 0 amide bonds. The van der Waals surface area contributed by atoms with Crippen molar-refractivity contribution >= 4 is 21.8 Å². The molecule has 8 heteroatoms. The summed E-state index contributed by atoms with van der Waals surface area (Å²) in [4.78, 5) is 0. The van der Waals surface area contributed by atoms with Crippen molar-refractivity contribution in [2.75, 3.05) is 47.1 Å². The lowest BCUT2D eigenvalue weighted by atomic mass is 10.0. The molecule has 0 spiro atoms. The van der Waals surface area contributed by atoms with Crippen molar-refractivity contribution in [3.05, 3.63) is 34.9 Å². The van der Waals surface area contributed by atoms with Gasteiger partial charge < -0.3 is 9.47 Å². The molecule has 25 heavy (non-hydrogen) atoms. The summed E-state index contributed by atoms with van der Waals surface area (Å²) in [6, 6.07) is 7.31. The van der Waals surface area contributed by atoms with Crippen LogP contribution in [0.4, 0.5) is 0 Å². The third-order valence-electron chi connectivity index (χ3n) is 4.39. The van der Waals surface area contributed by atoms with E-state index in [1.807, 2.05) is 18.2 Å². The zero-order valence-corrected chi connectivity index (χ0v) is 16.4. The SMILES string of the molecule is COCCN(Cc1ccccc1Cl)S(=O)(=O)N1CCCC(COC)C1. The summed E-state index contributed by atoms with van der Waals surface area (Å²) in [7, 11) is -0.376. The molecule has 142 valence electrons. The van der Waals surface area contributed by atoms with Crippen LogP contribution in [0.25, 0.3) is 0 Å². The van der Waals surface area contributed by atoms with Crippen LogP contribution in [-0.4, -0.2) is 64.1 Å². The Morgan fingerprint density at radius 2 is 2.04 bits per heavy atom. The zero-order valence-electron chi connectivity index (χ0n) is 14.9. The first-order valence-corrected chi connectivity index (χ1v) is 10.2. The highest BCUT2D eigenvalue weighted by molar-refractivity contribution is 7.86. The van der Waals surface area contributed by atoms with Crippen LogP contribution in [0, 0.1) is 5.92 Å². The Labute approximate surface area is 155 Å². The Balaban J connectivity index is 2.18. The molecule has 1 heterocycles. The van der Waals surface area contributed by atoms with E-state index >= 15 is 0 Å². The summed E-state index contributed by atoms with van der Waals surface area (Å²) < 4.78 is 39.7. The van der Waals surface area contributed by atoms with E-state index in [9.17, 15) is 8.42 Å². The Hall–Kier alpha value is -0.700. The van der Waals surface area contributed by atoms with Crippen LogP contribution in [0.1, 0.15) is 18.4 Å². The molecule has 1 atom stereocenters. The number of halogens is 1. The average Bonchev–Trinajstić information content (AvgIpc) is 2.60. The summed E-state index contributed by atoms with van der Waals surface area (Å²) in [6.07, 6.45) is 1.83. The van der Waals surface area contributed by atoms with Crippen LogP contribution < -0.4 is 0 Å². The minimum absolute atomic E-state index is 0.233. The van der Waals surface area contributed by atoms with E-state index in [-0.39, 0.29) is 19.0 Å². The molecule has 0 N–H and O–H groups in total. The number of nitrogens with zero attached hydrogens (tertiary/aromatic N) is 2. The monoisotopic (exact) mass is 390 g/mol. The van der Waals surface area contributed by atoms with Gasteiger partial charge in [-0.1, -0.05) is 29.8 Å². The summed E-state index contributed by atoms with van der Waals surface area (Å²) in [6.45, 7) is 2.46. The van der Waals surface area contributed by atoms with Gasteiger partial charge in [0, 0.05) is 45.4 Å². The van der Waals surface area contributed by atoms with E-state index in [2.05, 4.69) is 0 Å². The van der Waals surface area contributed by atoms with E-state index in [1.165, 1.54) is 4.31 Å². The van der Waals surface area contributed by atoms with Gasteiger partial charge in [0.25, 0.3) is 10.2 Å². The lowest BCUT2D eigenvalue weighted by Gasteiger charge is -2.35. The fourth-order valence-corrected chi connectivity index (χ4v) is 4.95. The molecule has 1 aromatic carbocycles. The molecule has 1 unspecified atom stereocenters. The average molecular weight is 391 g/mol. The van der Waals surface area contributed by atoms with Crippen LogP contribution in [0.15, 0.2) is 24.3 Å². The fraction of sp³-hybridized carbons (Fsp3) is 0.647. The van der Waals surface area contributed by atoms with Crippen molar-refractivity contribution in [1.29, 1.82) is 0 Å². The van der Waals surface area contributed by atoms with Crippen LogP contribution >= 0.6 is 11.6 Å². The minimum atomic E-state index is -3.59. The first kappa shape index (κ1) is 20.6. The van der Waals surface area contributed by atoms with E-state index in [4.69, 9.17) is 21.1 Å². The summed E-state index contributed by atoms with van der Waals surface area (Å²) >= 11 is 6.22. The van der Waals surface area contributed by atoms with E-state index < -0.39 is 10.2 Å². The Morgan fingerprint density at radius 1 is 1.28 bits per heavy atom. The molecule has 0 aromatic heterocycles. The molecule has 1 saturated heterocycles. The number of hydrogen-bond acceptors (Lipinski definition) is 4. The molecule has 1 aliphatic rings. The fourth-order valence-electron chi connectivity index (χ4n) is 3.06. The maximum absolute atomic E-state index is 13.2. The molecule has 0 saturated carbocycles. The summed E-state index contributed by atoms with van der Waals surface area (Å²) in [5.41, 5.74) is 0.786. The van der Waals surface area contributed by atoms with Crippen molar-refractivity contribution in [3.8, 4) is 0 Å². The van der Waals surface area contributed by atoms with Crippen LogP contribution in [0.2, 0.25) is 5.02 Å². The molecule has 2 rings (SSSR count). The third kappa shape index (κ3) is 5.64. The van der Waals surface area contributed by atoms with Gasteiger partial charge in [-0.05, 0) is 30.4 Å². The van der Waals surface area contributed by atoms with E-state index in [1.54, 1.807) is 24.6 Å². The standard InChI is InChI=1S/C17H27ClN2O4S/c1-23-11-10-20(13-16-7-3-4-8-17(16)18)25(21,22)19-9-5-6-15(12-19)14-24-2/h3-4,7-8,15H,5-6,9-14H2,1-2H3. The highest BCUT2D eigenvalue weighted by Crippen LogP contribution is 2.24. The first-order valence-electron chi connectivity index (χ1n) is 8.45. The van der Waals surface area contributed by atoms with Crippen molar-refractivity contribution < 1.29 is 17.9 Å². The van der Waals surface area contributed by atoms with Gasteiger partial charge in [0.2, 0.25) is 0 Å². The molecular weight excluding hydrogens is 364 g/mol. The number of piperidine rings is 1. The Kier molecular flexibility index (Phi) is 8.12. The molecule has 1 aliphatic heterocycles. The maximum atomic E-state index is 13.2. The second-order valence-electron chi connectivity index (χ2n) is 6.25. The lowest BCUT2D eigenvalue weighted by molar-refractivity contribution is 0.114. The molecule has 0 radical (unpaired) electrons. The molecule has 0 aliphatic carbocycles. The Morgan fingerprint density at radius 3 is 2.72 bits per heavy atom. The first-order chi connectivity index (χ1) is 12.0. The van der Waals surface area contributed by atoms with Crippen molar-refractivity contribution in [2.45, 2.75) is 19.4 Å². The summed E-state index contributed by atoms with van der Waals surface area (Å²) in [5.74, 6) is 0.234. The number of benzene rings is 1. The highest BCUT2D eigenvalue weighted by atomic mass is 35.5. The van der Waals surface area contributed by atoms with Crippen molar-refractivity contribution in [3.63, 3.8) is 0 Å². The second kappa shape index (κ2) is 9.85. The molecular formula is C17H27ClN2O4S. The van der Waals surface area contributed by atoms with Gasteiger partial charge in [-0.2, -0.15) is 17.0 Å². The zero-order chi connectivity index (χ0) is 18.3. The third-order valence-corrected chi connectivity index (χ3v) is 6.70. The minimum Gasteiger partial charge on any atom is -0.384 e. The van der Waals surface area contributed by atoms with Gasteiger partial charge in [0.1, 0.15) is 0 Å². The van der Waals surface area contributed by atoms with Crippen LogP contribution in [0.5, 0.6) is 0 Å². The molecule has 1 aromatic rings. The molecule has 1 fully saturated rings. The second-order valence-corrected chi connectivity index (χ2v) is 8.58. The Bertz CT molecular complexity index is 639. The normalized spacial score (nSPS) is 19.4. The van der Waals surface area contributed by atoms with Gasteiger partial charge >= 0.3 is 0 Å². The number of hydrogen-bond donors (Lipinski definition) is 0. The molecule has 6 nitrogen and oxygen atoms in total. The van der Waals surface area contributed by atoms with E-state index in [0.717, 1.165) is 18.4 Å². The number of methoxy groups -OCH3 is 2. The lowest BCUT2D eigenvalue weighted by Crippen LogP contribution is -2.49. The van der Waals surface area contributed by atoms with Gasteiger partial charge in [0.15, 0.2) is 0 Å². The largest absolute Gasteiger partial charge is 0.384 e. The smallest absolute Gasteiger partial charge is 0.282 e. The molecule has 0 bridgehead atoms. The predicted molar refractivity (Wildman–Crippen MR) is 98.8 cm³/mol. The van der Waals surface area contributed by atoms with Crippen molar-refractivity contribution in [1.82, 2.24) is 8.61 Å².